The Hall–Kier alpha value is -0.520. The molecule has 0 saturated carbocycles. The molecular weight excluding hydrogens is 156 g/mol. The minimum atomic E-state index is 0.211. The van der Waals surface area contributed by atoms with E-state index in [-0.39, 0.29) is 10.8 Å². The van der Waals surface area contributed by atoms with Gasteiger partial charge in [-0.15, -0.1) is 0 Å². The quantitative estimate of drug-likeness (QED) is 0.555. The van der Waals surface area contributed by atoms with E-state index in [9.17, 15) is 0 Å². The Kier molecular flexibility index (Phi) is 3.54. The third-order valence-corrected chi connectivity index (χ3v) is 3.19. The molecule has 0 rings (SSSR count). The molecule has 0 spiro atoms. The second-order valence-corrected chi connectivity index (χ2v) is 5.51. The van der Waals surface area contributed by atoms with Crippen molar-refractivity contribution in [1.29, 1.82) is 0 Å². The summed E-state index contributed by atoms with van der Waals surface area (Å²) in [6.45, 7) is 21.3. The van der Waals surface area contributed by atoms with E-state index in [1.165, 1.54) is 11.1 Å². The number of hydrogen-bond acceptors (Lipinski definition) is 0. The van der Waals surface area contributed by atoms with E-state index >= 15 is 0 Å². The van der Waals surface area contributed by atoms with Gasteiger partial charge in [0.1, 0.15) is 0 Å². The minimum absolute atomic E-state index is 0.211. The molecule has 0 heteroatoms. The fourth-order valence-electron chi connectivity index (χ4n) is 1.41. The van der Waals surface area contributed by atoms with E-state index in [1.807, 2.05) is 0 Å². The van der Waals surface area contributed by atoms with Gasteiger partial charge in [0.05, 0.1) is 0 Å². The van der Waals surface area contributed by atoms with Crippen LogP contribution in [0.3, 0.4) is 0 Å². The Morgan fingerprint density at radius 1 is 0.846 bits per heavy atom. The standard InChI is InChI=1S/C13H24/c1-10(2)12(5,6)9-13(7,8)11(3)4/h1,3,9H2,2,4-8H3. The van der Waals surface area contributed by atoms with Crippen molar-refractivity contribution in [1.82, 2.24) is 0 Å². The van der Waals surface area contributed by atoms with Gasteiger partial charge in [-0.2, -0.15) is 0 Å². The molecule has 0 aromatic heterocycles. The predicted octanol–water partition coefficient (Wildman–Crippen LogP) is 4.58. The number of allylic oxidation sites excluding steroid dienone is 2. The van der Waals surface area contributed by atoms with Crippen molar-refractivity contribution < 1.29 is 0 Å². The second-order valence-electron chi connectivity index (χ2n) is 5.51. The molecule has 0 aromatic rings. The second kappa shape index (κ2) is 3.69. The van der Waals surface area contributed by atoms with Crippen molar-refractivity contribution in [2.45, 2.75) is 48.0 Å². The van der Waals surface area contributed by atoms with Crippen LogP contribution >= 0.6 is 0 Å². The van der Waals surface area contributed by atoms with Crippen LogP contribution in [0, 0.1) is 10.8 Å². The molecule has 0 unspecified atom stereocenters. The molecule has 0 radical (unpaired) electrons. The summed E-state index contributed by atoms with van der Waals surface area (Å²) in [6.07, 6.45) is 1.12. The molecule has 0 N–H and O–H groups in total. The predicted molar refractivity (Wildman–Crippen MR) is 61.8 cm³/mol. The Morgan fingerprint density at radius 2 is 1.08 bits per heavy atom. The summed E-state index contributed by atoms with van der Waals surface area (Å²) in [5.74, 6) is 0. The van der Waals surface area contributed by atoms with Gasteiger partial charge in [-0.1, -0.05) is 52.0 Å². The molecule has 0 aliphatic carbocycles. The molecule has 0 fully saturated rings. The van der Waals surface area contributed by atoms with Gasteiger partial charge >= 0.3 is 0 Å². The fourth-order valence-corrected chi connectivity index (χ4v) is 1.41. The smallest absolute Gasteiger partial charge is 0.0142 e. The molecule has 0 aliphatic rings. The molecule has 0 nitrogen and oxygen atoms in total. The molecule has 0 atom stereocenters. The maximum Gasteiger partial charge on any atom is -0.0142 e. The van der Waals surface area contributed by atoms with Crippen molar-refractivity contribution >= 4 is 0 Å². The fraction of sp³-hybridized carbons (Fsp3) is 0.692. The van der Waals surface area contributed by atoms with Crippen molar-refractivity contribution in [3.63, 3.8) is 0 Å². The lowest BCUT2D eigenvalue weighted by Gasteiger charge is -2.36. The summed E-state index contributed by atoms with van der Waals surface area (Å²) in [4.78, 5) is 0. The first-order chi connectivity index (χ1) is 5.59. The normalized spacial score (nSPS) is 12.8. The van der Waals surface area contributed by atoms with Crippen LogP contribution in [-0.4, -0.2) is 0 Å². The Labute approximate surface area is 83.7 Å². The van der Waals surface area contributed by atoms with E-state index in [4.69, 9.17) is 0 Å². The van der Waals surface area contributed by atoms with Crippen LogP contribution in [0.4, 0.5) is 0 Å². The van der Waals surface area contributed by atoms with Crippen LogP contribution in [0.15, 0.2) is 24.3 Å². The van der Waals surface area contributed by atoms with Crippen LogP contribution in [0.2, 0.25) is 0 Å². The Balaban J connectivity index is 4.61. The SMILES string of the molecule is C=C(C)C(C)(C)CC(C)(C)C(=C)C. The van der Waals surface area contributed by atoms with Crippen molar-refractivity contribution in [2.24, 2.45) is 10.8 Å². The van der Waals surface area contributed by atoms with E-state index in [0.29, 0.717) is 0 Å². The van der Waals surface area contributed by atoms with E-state index in [2.05, 4.69) is 54.7 Å². The highest BCUT2D eigenvalue weighted by Gasteiger charge is 2.29. The van der Waals surface area contributed by atoms with E-state index in [1.54, 1.807) is 0 Å². The van der Waals surface area contributed by atoms with Gasteiger partial charge in [0, 0.05) is 0 Å². The average molecular weight is 180 g/mol. The summed E-state index contributed by atoms with van der Waals surface area (Å²) < 4.78 is 0. The molecule has 0 amide bonds. The number of rotatable bonds is 4. The summed E-state index contributed by atoms with van der Waals surface area (Å²) in [7, 11) is 0. The largest absolute Gasteiger partial charge is 0.0996 e. The first-order valence-electron chi connectivity index (χ1n) is 4.91. The lowest BCUT2D eigenvalue weighted by Crippen LogP contribution is -2.24. The highest BCUT2D eigenvalue weighted by molar-refractivity contribution is 5.11. The van der Waals surface area contributed by atoms with E-state index in [0.717, 1.165) is 6.42 Å². The zero-order valence-corrected chi connectivity index (χ0v) is 10.1. The minimum Gasteiger partial charge on any atom is -0.0996 e. The maximum atomic E-state index is 4.04. The van der Waals surface area contributed by atoms with Gasteiger partial charge in [-0.05, 0) is 31.1 Å². The lowest BCUT2D eigenvalue weighted by atomic mass is 9.69. The molecule has 0 aromatic carbocycles. The van der Waals surface area contributed by atoms with E-state index < -0.39 is 0 Å². The Bertz CT molecular complexity index is 192. The third-order valence-electron chi connectivity index (χ3n) is 3.19. The summed E-state index contributed by atoms with van der Waals surface area (Å²) in [6, 6.07) is 0. The summed E-state index contributed by atoms with van der Waals surface area (Å²) >= 11 is 0. The van der Waals surface area contributed by atoms with Gasteiger partial charge in [-0.3, -0.25) is 0 Å². The van der Waals surface area contributed by atoms with Crippen molar-refractivity contribution in [3.05, 3.63) is 24.3 Å². The highest BCUT2D eigenvalue weighted by Crippen LogP contribution is 2.41. The highest BCUT2D eigenvalue weighted by atomic mass is 14.3. The van der Waals surface area contributed by atoms with Gasteiger partial charge in [-0.25, -0.2) is 0 Å². The zero-order valence-electron chi connectivity index (χ0n) is 10.1. The van der Waals surface area contributed by atoms with Crippen LogP contribution in [0.5, 0.6) is 0 Å². The van der Waals surface area contributed by atoms with Gasteiger partial charge in [0.25, 0.3) is 0 Å². The molecule has 0 bridgehead atoms. The molecule has 0 saturated heterocycles. The molecule has 76 valence electrons. The molecule has 0 heterocycles. The van der Waals surface area contributed by atoms with Crippen LogP contribution in [-0.2, 0) is 0 Å². The lowest BCUT2D eigenvalue weighted by molar-refractivity contribution is 0.268. The Morgan fingerprint density at radius 3 is 1.23 bits per heavy atom. The van der Waals surface area contributed by atoms with Crippen LogP contribution in [0.25, 0.3) is 0 Å². The van der Waals surface area contributed by atoms with Crippen LogP contribution < -0.4 is 0 Å². The molecule has 13 heavy (non-hydrogen) atoms. The molecule has 0 aliphatic heterocycles. The molecular formula is C13H24. The van der Waals surface area contributed by atoms with Gasteiger partial charge < -0.3 is 0 Å². The van der Waals surface area contributed by atoms with Gasteiger partial charge in [0.15, 0.2) is 0 Å². The average Bonchev–Trinajstić information content (AvgIpc) is 1.83. The first-order valence-corrected chi connectivity index (χ1v) is 4.91. The third kappa shape index (κ3) is 3.38. The van der Waals surface area contributed by atoms with Gasteiger partial charge in [0.2, 0.25) is 0 Å². The topological polar surface area (TPSA) is 0 Å². The summed E-state index contributed by atoms with van der Waals surface area (Å²) in [5, 5.41) is 0. The first kappa shape index (κ1) is 12.5. The van der Waals surface area contributed by atoms with Crippen LogP contribution in [0.1, 0.15) is 48.0 Å². The van der Waals surface area contributed by atoms with Crippen molar-refractivity contribution in [3.8, 4) is 0 Å². The maximum absolute atomic E-state index is 4.04. The number of hydrogen-bond donors (Lipinski definition) is 0. The van der Waals surface area contributed by atoms with Crippen molar-refractivity contribution in [2.75, 3.05) is 0 Å². The zero-order chi connectivity index (χ0) is 10.9. The monoisotopic (exact) mass is 180 g/mol. The summed E-state index contributed by atoms with van der Waals surface area (Å²) in [5.41, 5.74) is 2.92.